The maximum absolute atomic E-state index is 12.9. The summed E-state index contributed by atoms with van der Waals surface area (Å²) in [6.45, 7) is 2.11. The Hall–Kier alpha value is -2.94. The molecule has 2 aromatic rings. The van der Waals surface area contributed by atoms with Crippen molar-refractivity contribution in [3.05, 3.63) is 53.8 Å². The summed E-state index contributed by atoms with van der Waals surface area (Å²) in [7, 11) is -3.35. The van der Waals surface area contributed by atoms with Crippen molar-refractivity contribution in [3.8, 4) is 0 Å². The van der Waals surface area contributed by atoms with Gasteiger partial charge in [0.2, 0.25) is 10.0 Å². The zero-order chi connectivity index (χ0) is 19.6. The average molecular weight is 391 g/mol. The van der Waals surface area contributed by atoms with Gasteiger partial charge >= 0.3 is 11.8 Å². The molecule has 142 valence electrons. The van der Waals surface area contributed by atoms with E-state index in [1.807, 2.05) is 0 Å². The van der Waals surface area contributed by atoms with E-state index in [0.29, 0.717) is 29.9 Å². The zero-order valence-corrected chi connectivity index (χ0v) is 15.3. The fourth-order valence-corrected chi connectivity index (χ4v) is 4.29. The summed E-state index contributed by atoms with van der Waals surface area (Å²) >= 11 is 0. The Bertz CT molecular complexity index is 990. The Labute approximate surface area is 156 Å². The standard InChI is InChI=1S/C18H18FN3O4S/c1-12-3-8-15(22-9-2-10-27(22,25)26)11-16(12)21-18(24)17(23)20-14-6-4-13(19)5-7-14/h3-8,11H,2,9-10H2,1H3,(H,20,23)(H,21,24). The van der Waals surface area contributed by atoms with Gasteiger partial charge in [-0.1, -0.05) is 6.07 Å². The van der Waals surface area contributed by atoms with E-state index in [1.165, 1.54) is 22.5 Å². The molecule has 7 nitrogen and oxygen atoms in total. The van der Waals surface area contributed by atoms with Crippen LogP contribution in [0.2, 0.25) is 0 Å². The van der Waals surface area contributed by atoms with Crippen LogP contribution < -0.4 is 14.9 Å². The predicted molar refractivity (Wildman–Crippen MR) is 101 cm³/mol. The van der Waals surface area contributed by atoms with Crippen LogP contribution in [0.4, 0.5) is 21.5 Å². The number of sulfonamides is 1. The zero-order valence-electron chi connectivity index (χ0n) is 14.5. The van der Waals surface area contributed by atoms with Crippen LogP contribution in [0.3, 0.4) is 0 Å². The van der Waals surface area contributed by atoms with E-state index in [2.05, 4.69) is 10.6 Å². The number of benzene rings is 2. The van der Waals surface area contributed by atoms with Crippen LogP contribution >= 0.6 is 0 Å². The van der Waals surface area contributed by atoms with E-state index >= 15 is 0 Å². The lowest BCUT2D eigenvalue weighted by Crippen LogP contribution is -2.29. The molecule has 0 spiro atoms. The molecule has 0 unspecified atom stereocenters. The Kier molecular flexibility index (Phi) is 5.13. The molecule has 0 bridgehead atoms. The monoisotopic (exact) mass is 391 g/mol. The van der Waals surface area contributed by atoms with Crippen molar-refractivity contribution in [2.24, 2.45) is 0 Å². The van der Waals surface area contributed by atoms with Crippen molar-refractivity contribution in [1.29, 1.82) is 0 Å². The van der Waals surface area contributed by atoms with E-state index in [4.69, 9.17) is 0 Å². The van der Waals surface area contributed by atoms with Gasteiger partial charge < -0.3 is 10.6 Å². The molecule has 0 atom stereocenters. The van der Waals surface area contributed by atoms with Crippen LogP contribution in [-0.2, 0) is 19.6 Å². The minimum Gasteiger partial charge on any atom is -0.318 e. The third-order valence-corrected chi connectivity index (χ3v) is 6.03. The van der Waals surface area contributed by atoms with Crippen molar-refractivity contribution in [2.45, 2.75) is 13.3 Å². The van der Waals surface area contributed by atoms with Crippen LogP contribution in [0, 0.1) is 12.7 Å². The number of carbonyl (C=O) groups is 2. The second kappa shape index (κ2) is 7.36. The van der Waals surface area contributed by atoms with E-state index in [9.17, 15) is 22.4 Å². The third-order valence-electron chi connectivity index (χ3n) is 4.16. The maximum atomic E-state index is 12.9. The molecule has 2 N–H and O–H groups in total. The first-order chi connectivity index (χ1) is 12.8. The quantitative estimate of drug-likeness (QED) is 0.785. The molecule has 2 aromatic carbocycles. The second-order valence-electron chi connectivity index (χ2n) is 6.16. The molecule has 9 heteroatoms. The number of anilines is 3. The number of halogens is 1. The highest BCUT2D eigenvalue weighted by Crippen LogP contribution is 2.28. The molecule has 3 rings (SSSR count). The smallest absolute Gasteiger partial charge is 0.314 e. The molecular formula is C18H18FN3O4S. The van der Waals surface area contributed by atoms with E-state index in [-0.39, 0.29) is 11.4 Å². The Morgan fingerprint density at radius 2 is 1.70 bits per heavy atom. The molecule has 1 heterocycles. The summed E-state index contributed by atoms with van der Waals surface area (Å²) in [5.74, 6) is -2.20. The first-order valence-electron chi connectivity index (χ1n) is 8.25. The lowest BCUT2D eigenvalue weighted by atomic mass is 10.1. The van der Waals surface area contributed by atoms with Crippen molar-refractivity contribution in [2.75, 3.05) is 27.2 Å². The van der Waals surface area contributed by atoms with Crippen LogP contribution in [-0.4, -0.2) is 32.5 Å². The number of hydrogen-bond acceptors (Lipinski definition) is 4. The Balaban J connectivity index is 1.74. The molecule has 1 fully saturated rings. The largest absolute Gasteiger partial charge is 0.318 e. The summed E-state index contributed by atoms with van der Waals surface area (Å²) in [5, 5.41) is 4.85. The Morgan fingerprint density at radius 3 is 2.33 bits per heavy atom. The van der Waals surface area contributed by atoms with Gasteiger partial charge in [-0.2, -0.15) is 0 Å². The predicted octanol–water partition coefficient (Wildman–Crippen LogP) is 2.25. The molecule has 0 saturated carbocycles. The highest BCUT2D eigenvalue weighted by Gasteiger charge is 2.28. The molecule has 1 saturated heterocycles. The van der Waals surface area contributed by atoms with Gasteiger partial charge in [-0.3, -0.25) is 13.9 Å². The fourth-order valence-electron chi connectivity index (χ4n) is 2.73. The molecule has 0 aliphatic carbocycles. The number of aryl methyl sites for hydroxylation is 1. The van der Waals surface area contributed by atoms with Crippen LogP contribution in [0.15, 0.2) is 42.5 Å². The number of rotatable bonds is 3. The van der Waals surface area contributed by atoms with Crippen LogP contribution in [0.5, 0.6) is 0 Å². The van der Waals surface area contributed by atoms with Crippen LogP contribution in [0.1, 0.15) is 12.0 Å². The normalized spacial score (nSPS) is 15.4. The van der Waals surface area contributed by atoms with E-state index < -0.39 is 27.7 Å². The van der Waals surface area contributed by atoms with Gasteiger partial charge in [0.15, 0.2) is 0 Å². The number of nitrogens with zero attached hydrogens (tertiary/aromatic N) is 1. The van der Waals surface area contributed by atoms with Crippen molar-refractivity contribution >= 4 is 38.9 Å². The van der Waals surface area contributed by atoms with Gasteiger partial charge in [0, 0.05) is 17.9 Å². The minimum absolute atomic E-state index is 0.0860. The van der Waals surface area contributed by atoms with Gasteiger partial charge in [-0.05, 0) is 55.3 Å². The Morgan fingerprint density at radius 1 is 1.04 bits per heavy atom. The first-order valence-corrected chi connectivity index (χ1v) is 9.86. The maximum Gasteiger partial charge on any atom is 0.314 e. The molecule has 2 amide bonds. The van der Waals surface area contributed by atoms with Crippen LogP contribution in [0.25, 0.3) is 0 Å². The van der Waals surface area contributed by atoms with Gasteiger partial charge in [-0.15, -0.1) is 0 Å². The molecular weight excluding hydrogens is 373 g/mol. The summed E-state index contributed by atoms with van der Waals surface area (Å²) in [5.41, 5.74) is 1.74. The fraction of sp³-hybridized carbons (Fsp3) is 0.222. The lowest BCUT2D eigenvalue weighted by Gasteiger charge is -2.19. The summed E-state index contributed by atoms with van der Waals surface area (Å²) in [6.07, 6.45) is 0.540. The van der Waals surface area contributed by atoms with Crippen molar-refractivity contribution in [3.63, 3.8) is 0 Å². The minimum atomic E-state index is -3.35. The highest BCUT2D eigenvalue weighted by molar-refractivity contribution is 7.93. The van der Waals surface area contributed by atoms with Gasteiger partial charge in [-0.25, -0.2) is 12.8 Å². The molecule has 27 heavy (non-hydrogen) atoms. The number of amides is 2. The second-order valence-corrected chi connectivity index (χ2v) is 8.17. The average Bonchev–Trinajstić information content (AvgIpc) is 2.98. The van der Waals surface area contributed by atoms with Gasteiger partial charge in [0.25, 0.3) is 0 Å². The molecule has 0 radical (unpaired) electrons. The van der Waals surface area contributed by atoms with Gasteiger partial charge in [0.05, 0.1) is 11.4 Å². The SMILES string of the molecule is Cc1ccc(N2CCCS2(=O)=O)cc1NC(=O)C(=O)Nc1ccc(F)cc1. The molecule has 1 aliphatic rings. The number of hydrogen-bond donors (Lipinski definition) is 2. The highest BCUT2D eigenvalue weighted by atomic mass is 32.2. The summed E-state index contributed by atoms with van der Waals surface area (Å²) in [6, 6.07) is 9.87. The number of carbonyl (C=O) groups excluding carboxylic acids is 2. The van der Waals surface area contributed by atoms with E-state index in [0.717, 1.165) is 12.1 Å². The first kappa shape index (κ1) is 18.8. The molecule has 1 aliphatic heterocycles. The summed E-state index contributed by atoms with van der Waals surface area (Å²) in [4.78, 5) is 24.2. The van der Waals surface area contributed by atoms with Gasteiger partial charge in [0.1, 0.15) is 5.82 Å². The number of nitrogens with one attached hydrogen (secondary N) is 2. The third kappa shape index (κ3) is 4.25. The van der Waals surface area contributed by atoms with Crippen molar-refractivity contribution in [1.82, 2.24) is 0 Å². The van der Waals surface area contributed by atoms with Crippen molar-refractivity contribution < 1.29 is 22.4 Å². The summed E-state index contributed by atoms with van der Waals surface area (Å²) < 4.78 is 38.3. The molecule has 0 aromatic heterocycles. The topological polar surface area (TPSA) is 95.6 Å². The van der Waals surface area contributed by atoms with E-state index in [1.54, 1.807) is 19.1 Å². The lowest BCUT2D eigenvalue weighted by molar-refractivity contribution is -0.133.